The van der Waals surface area contributed by atoms with Crippen LogP contribution in [-0.4, -0.2) is 72.4 Å². The third-order valence-corrected chi connectivity index (χ3v) is 7.33. The summed E-state index contributed by atoms with van der Waals surface area (Å²) >= 11 is 0. The Morgan fingerprint density at radius 1 is 0.806 bits per heavy atom. The molecule has 2 N–H and O–H groups in total. The highest BCUT2D eigenvalue weighted by Crippen LogP contribution is 2.15. The van der Waals surface area contributed by atoms with Gasteiger partial charge in [0.15, 0.2) is 0 Å². The number of nitrogens with zero attached hydrogens (tertiary/aromatic N) is 2. The number of carboxylic acid groups (broad SMARTS) is 1. The minimum atomic E-state index is -1.15. The van der Waals surface area contributed by atoms with Crippen molar-refractivity contribution in [3.8, 4) is 0 Å². The molecule has 0 aliphatic rings. The summed E-state index contributed by atoms with van der Waals surface area (Å²) in [5.41, 5.74) is 0.308. The summed E-state index contributed by atoms with van der Waals surface area (Å²) < 4.78 is 1.11. The van der Waals surface area contributed by atoms with Gasteiger partial charge in [0, 0.05) is 5.56 Å². The van der Waals surface area contributed by atoms with Crippen LogP contribution in [0.25, 0.3) is 0 Å². The third-order valence-electron chi connectivity index (χ3n) is 7.33. The van der Waals surface area contributed by atoms with E-state index >= 15 is 0 Å². The molecule has 0 spiro atoms. The summed E-state index contributed by atoms with van der Waals surface area (Å²) in [4.78, 5) is 12.0. The van der Waals surface area contributed by atoms with Gasteiger partial charge in [-0.2, -0.15) is 0 Å². The van der Waals surface area contributed by atoms with Crippen molar-refractivity contribution in [3.05, 3.63) is 35.9 Å². The second-order valence-corrected chi connectivity index (χ2v) is 11.5. The molecule has 0 bridgehead atoms. The smallest absolute Gasteiger partial charge is 0.326 e. The minimum Gasteiger partial charge on any atom is -0.480 e. The second kappa shape index (κ2) is 20.6. The van der Waals surface area contributed by atoms with Crippen LogP contribution in [0, 0.1) is 0 Å². The van der Waals surface area contributed by atoms with Crippen molar-refractivity contribution in [2.45, 2.75) is 116 Å². The van der Waals surface area contributed by atoms with E-state index in [0.29, 0.717) is 0 Å². The van der Waals surface area contributed by atoms with Crippen molar-refractivity contribution in [1.82, 2.24) is 4.90 Å². The zero-order valence-electron chi connectivity index (χ0n) is 24.6. The van der Waals surface area contributed by atoms with Crippen molar-refractivity contribution in [2.24, 2.45) is 0 Å². The number of unbranched alkanes of at least 4 members (excludes halogenated alkanes) is 13. The van der Waals surface area contributed by atoms with E-state index in [1.807, 2.05) is 0 Å². The van der Waals surface area contributed by atoms with Gasteiger partial charge in [-0.25, -0.2) is 0 Å². The Bertz CT molecular complexity index is 648. The first-order chi connectivity index (χ1) is 17.1. The van der Waals surface area contributed by atoms with Gasteiger partial charge in [-0.3, -0.25) is 9.69 Å². The van der Waals surface area contributed by atoms with E-state index in [-0.39, 0.29) is 6.61 Å². The third kappa shape index (κ3) is 17.1. The largest absolute Gasteiger partial charge is 0.480 e. The second-order valence-electron chi connectivity index (χ2n) is 11.5. The fourth-order valence-electron chi connectivity index (χ4n) is 4.29. The molecule has 0 saturated heterocycles. The van der Waals surface area contributed by atoms with Crippen molar-refractivity contribution in [3.63, 3.8) is 0 Å². The molecule has 0 radical (unpaired) electrons. The summed E-state index contributed by atoms with van der Waals surface area (Å²) in [6.07, 6.45) is 20.2. The van der Waals surface area contributed by atoms with Gasteiger partial charge in [0.05, 0.1) is 27.2 Å². The van der Waals surface area contributed by atoms with Gasteiger partial charge in [0.2, 0.25) is 0 Å². The fourth-order valence-corrected chi connectivity index (χ4v) is 4.29. The first-order valence-electron chi connectivity index (χ1n) is 14.5. The van der Waals surface area contributed by atoms with E-state index in [1.54, 1.807) is 14.1 Å². The number of aliphatic hydroxyl groups is 1. The maximum atomic E-state index is 10.5. The molecular formula is C31H59N2O3+. The number of hydrogen-bond acceptors (Lipinski definition) is 3. The lowest BCUT2D eigenvalue weighted by atomic mass is 10.0. The topological polar surface area (TPSA) is 60.8 Å². The SMILES string of the molecule is CCCCCCCCCCCCCCCC[N+](C)(C)Cc1ccccc1.CN(C)C(C)(CO)C(=O)O. The maximum Gasteiger partial charge on any atom is 0.326 e. The lowest BCUT2D eigenvalue weighted by Gasteiger charge is -2.30. The van der Waals surface area contributed by atoms with Gasteiger partial charge < -0.3 is 14.7 Å². The first-order valence-corrected chi connectivity index (χ1v) is 14.5. The number of carbonyl (C=O) groups is 1. The summed E-state index contributed by atoms with van der Waals surface area (Å²) in [5, 5.41) is 17.3. The zero-order chi connectivity index (χ0) is 27.3. The predicted octanol–water partition coefficient (Wildman–Crippen LogP) is 7.13. The highest BCUT2D eigenvalue weighted by atomic mass is 16.4. The molecule has 0 aromatic heterocycles. The number of aliphatic carboxylic acids is 1. The molecule has 1 rings (SSSR count). The molecular weight excluding hydrogens is 448 g/mol. The van der Waals surface area contributed by atoms with Crippen LogP contribution in [0.2, 0.25) is 0 Å². The molecule has 0 amide bonds. The maximum absolute atomic E-state index is 10.5. The highest BCUT2D eigenvalue weighted by molar-refractivity contribution is 5.78. The quantitative estimate of drug-likeness (QED) is 0.146. The van der Waals surface area contributed by atoms with Crippen molar-refractivity contribution in [2.75, 3.05) is 41.3 Å². The molecule has 210 valence electrons. The van der Waals surface area contributed by atoms with Crippen LogP contribution in [0.5, 0.6) is 0 Å². The summed E-state index contributed by atoms with van der Waals surface area (Å²) in [5.74, 6) is -1.01. The monoisotopic (exact) mass is 507 g/mol. The Morgan fingerprint density at radius 2 is 1.22 bits per heavy atom. The average molecular weight is 508 g/mol. The molecule has 1 aromatic carbocycles. The Hall–Kier alpha value is -1.43. The van der Waals surface area contributed by atoms with Gasteiger partial charge in [-0.15, -0.1) is 0 Å². The summed E-state index contributed by atoms with van der Waals surface area (Å²) in [6.45, 7) is 5.83. The average Bonchev–Trinajstić information content (AvgIpc) is 2.84. The molecule has 1 aromatic rings. The Morgan fingerprint density at radius 3 is 1.56 bits per heavy atom. The zero-order valence-corrected chi connectivity index (χ0v) is 24.6. The van der Waals surface area contributed by atoms with Gasteiger partial charge in [0.1, 0.15) is 12.1 Å². The van der Waals surface area contributed by atoms with Crippen LogP contribution in [0.15, 0.2) is 30.3 Å². The Balaban J connectivity index is 0.00000103. The number of hydrogen-bond donors (Lipinski definition) is 2. The number of benzene rings is 1. The lowest BCUT2D eigenvalue weighted by molar-refractivity contribution is -0.903. The van der Waals surface area contributed by atoms with Crippen LogP contribution < -0.4 is 0 Å². The van der Waals surface area contributed by atoms with Crippen molar-refractivity contribution < 1.29 is 19.5 Å². The molecule has 5 heteroatoms. The summed E-state index contributed by atoms with van der Waals surface area (Å²) in [7, 11) is 7.97. The van der Waals surface area contributed by atoms with Gasteiger partial charge in [0.25, 0.3) is 0 Å². The molecule has 0 aliphatic carbocycles. The lowest BCUT2D eigenvalue weighted by Crippen LogP contribution is -2.51. The number of likely N-dealkylation sites (N-methyl/N-ethyl adjacent to an activating group) is 1. The van der Waals surface area contributed by atoms with E-state index < -0.39 is 11.5 Å². The number of carboxylic acids is 1. The Labute approximate surface area is 223 Å². The highest BCUT2D eigenvalue weighted by Gasteiger charge is 2.34. The number of quaternary nitrogens is 1. The van der Waals surface area contributed by atoms with E-state index in [2.05, 4.69) is 51.4 Å². The standard InChI is InChI=1S/C25H46N.C6H13NO3/c1-4-5-6-7-8-9-10-11-12-13-14-15-16-20-23-26(2,3)24-25-21-18-17-19-22-25;1-6(4-8,5(9)10)7(2)3/h17-19,21-22H,4-16,20,23-24H2,1-3H3;8H,4H2,1-3H3,(H,9,10)/q+1;. The molecule has 5 nitrogen and oxygen atoms in total. The molecule has 0 fully saturated rings. The first kappa shape index (κ1) is 34.6. The predicted molar refractivity (Wildman–Crippen MR) is 154 cm³/mol. The van der Waals surface area contributed by atoms with E-state index in [0.717, 1.165) is 11.0 Å². The van der Waals surface area contributed by atoms with Gasteiger partial charge in [-0.1, -0.05) is 114 Å². The van der Waals surface area contributed by atoms with Crippen molar-refractivity contribution >= 4 is 5.97 Å². The van der Waals surface area contributed by atoms with Crippen LogP contribution >= 0.6 is 0 Å². The van der Waals surface area contributed by atoms with E-state index in [1.165, 1.54) is 114 Å². The minimum absolute atomic E-state index is 0.380. The molecule has 0 aliphatic heterocycles. The summed E-state index contributed by atoms with van der Waals surface area (Å²) in [6, 6.07) is 10.9. The van der Waals surface area contributed by atoms with Gasteiger partial charge >= 0.3 is 5.97 Å². The van der Waals surface area contributed by atoms with Crippen molar-refractivity contribution in [1.29, 1.82) is 0 Å². The Kier molecular flexibility index (Phi) is 19.8. The number of aliphatic hydroxyl groups excluding tert-OH is 1. The van der Waals surface area contributed by atoms with Crippen LogP contribution in [0.1, 0.15) is 109 Å². The molecule has 1 atom stereocenters. The van der Waals surface area contributed by atoms with Gasteiger partial charge in [-0.05, 0) is 33.9 Å². The fraction of sp³-hybridized carbons (Fsp3) is 0.774. The van der Waals surface area contributed by atoms with Crippen LogP contribution in [0.4, 0.5) is 0 Å². The molecule has 1 unspecified atom stereocenters. The molecule has 36 heavy (non-hydrogen) atoms. The molecule has 0 saturated carbocycles. The molecule has 0 heterocycles. The van der Waals surface area contributed by atoms with E-state index in [4.69, 9.17) is 10.2 Å². The number of rotatable bonds is 20. The normalized spacial score (nSPS) is 13.2. The van der Waals surface area contributed by atoms with Crippen LogP contribution in [0.3, 0.4) is 0 Å². The van der Waals surface area contributed by atoms with Crippen LogP contribution in [-0.2, 0) is 11.3 Å². The van der Waals surface area contributed by atoms with E-state index in [9.17, 15) is 4.79 Å².